The van der Waals surface area contributed by atoms with Crippen LogP contribution in [0, 0.1) is 5.41 Å². The summed E-state index contributed by atoms with van der Waals surface area (Å²) in [7, 11) is 0. The zero-order chi connectivity index (χ0) is 14.2. The number of Topliss-reactive ketones (excluding diaryl/α,β-unsaturated/α-hetero) is 1. The Morgan fingerprint density at radius 3 is 2.39 bits per heavy atom. The van der Waals surface area contributed by atoms with Crippen LogP contribution in [-0.2, 0) is 14.3 Å². The summed E-state index contributed by atoms with van der Waals surface area (Å²) in [6.07, 6.45) is 3.34. The van der Waals surface area contributed by atoms with Crippen LogP contribution in [0.15, 0.2) is 25.3 Å². The SMILES string of the molecule is C=CCSC(=S)C(CC=C)(C(C)=O)C(=O)OCC. The van der Waals surface area contributed by atoms with Gasteiger partial charge in [0.25, 0.3) is 0 Å². The molecule has 0 aromatic heterocycles. The summed E-state index contributed by atoms with van der Waals surface area (Å²) in [6, 6.07) is 0. The fraction of sp³-hybridized carbons (Fsp3) is 0.462. The number of thiocarbonyl (C=S) groups is 1. The van der Waals surface area contributed by atoms with Crippen LogP contribution < -0.4 is 0 Å². The van der Waals surface area contributed by atoms with Crippen molar-refractivity contribution in [1.82, 2.24) is 0 Å². The first-order valence-electron chi connectivity index (χ1n) is 5.54. The third kappa shape index (κ3) is 3.78. The van der Waals surface area contributed by atoms with Crippen molar-refractivity contribution in [2.75, 3.05) is 12.4 Å². The lowest BCUT2D eigenvalue weighted by Crippen LogP contribution is -2.44. The highest BCUT2D eigenvalue weighted by molar-refractivity contribution is 8.23. The Morgan fingerprint density at radius 1 is 1.39 bits per heavy atom. The highest BCUT2D eigenvalue weighted by Gasteiger charge is 2.47. The van der Waals surface area contributed by atoms with Gasteiger partial charge in [0, 0.05) is 5.75 Å². The molecule has 0 fully saturated rings. The number of ketones is 1. The van der Waals surface area contributed by atoms with E-state index in [9.17, 15) is 9.59 Å². The van der Waals surface area contributed by atoms with Gasteiger partial charge in [-0.15, -0.1) is 24.9 Å². The monoisotopic (exact) mass is 286 g/mol. The predicted octanol–water partition coefficient (Wildman–Crippen LogP) is 2.95. The number of carbonyl (C=O) groups excluding carboxylic acids is 2. The Kier molecular flexibility index (Phi) is 7.78. The van der Waals surface area contributed by atoms with Gasteiger partial charge in [-0.3, -0.25) is 9.59 Å². The molecule has 0 heterocycles. The van der Waals surface area contributed by atoms with Crippen molar-refractivity contribution in [2.24, 2.45) is 5.41 Å². The van der Waals surface area contributed by atoms with Crippen molar-refractivity contribution in [3.63, 3.8) is 0 Å². The molecule has 3 nitrogen and oxygen atoms in total. The standard InChI is InChI=1S/C13H18O3S2/c1-5-8-13(10(4)14,11(15)16-7-3)12(17)18-9-6-2/h5-6H,1-2,7-9H2,3-4H3. The van der Waals surface area contributed by atoms with Crippen molar-refractivity contribution in [1.29, 1.82) is 0 Å². The van der Waals surface area contributed by atoms with E-state index in [4.69, 9.17) is 17.0 Å². The van der Waals surface area contributed by atoms with Gasteiger partial charge >= 0.3 is 5.97 Å². The van der Waals surface area contributed by atoms with E-state index in [2.05, 4.69) is 13.2 Å². The molecule has 5 heteroatoms. The van der Waals surface area contributed by atoms with Crippen molar-refractivity contribution in [3.05, 3.63) is 25.3 Å². The summed E-state index contributed by atoms with van der Waals surface area (Å²) in [5, 5.41) is 0. The number of allylic oxidation sites excluding steroid dienone is 1. The molecule has 0 saturated carbocycles. The van der Waals surface area contributed by atoms with Crippen LogP contribution in [0.25, 0.3) is 0 Å². The van der Waals surface area contributed by atoms with E-state index in [0.29, 0.717) is 9.95 Å². The molecule has 0 aliphatic carbocycles. The lowest BCUT2D eigenvalue weighted by Gasteiger charge is -2.27. The summed E-state index contributed by atoms with van der Waals surface area (Å²) in [4.78, 5) is 24.0. The van der Waals surface area contributed by atoms with Crippen LogP contribution >= 0.6 is 24.0 Å². The first kappa shape index (κ1) is 17.1. The average molecular weight is 286 g/mol. The number of hydrogen-bond acceptors (Lipinski definition) is 5. The highest BCUT2D eigenvalue weighted by Crippen LogP contribution is 2.34. The summed E-state index contributed by atoms with van der Waals surface area (Å²) in [5.74, 6) is -0.369. The van der Waals surface area contributed by atoms with Crippen LogP contribution in [0.3, 0.4) is 0 Å². The molecule has 18 heavy (non-hydrogen) atoms. The number of esters is 1. The first-order chi connectivity index (χ1) is 8.47. The summed E-state index contributed by atoms with van der Waals surface area (Å²) >= 11 is 6.48. The first-order valence-corrected chi connectivity index (χ1v) is 6.94. The molecule has 1 unspecified atom stereocenters. The molecule has 0 rings (SSSR count). The summed E-state index contributed by atoms with van der Waals surface area (Å²) in [5.41, 5.74) is -1.40. The van der Waals surface area contributed by atoms with E-state index in [1.807, 2.05) is 0 Å². The Morgan fingerprint density at radius 2 is 2.00 bits per heavy atom. The Balaban J connectivity index is 5.39. The van der Waals surface area contributed by atoms with Gasteiger partial charge in [0.1, 0.15) is 0 Å². The maximum Gasteiger partial charge on any atom is 0.325 e. The molecule has 0 aliphatic rings. The van der Waals surface area contributed by atoms with Crippen molar-refractivity contribution in [2.45, 2.75) is 20.3 Å². The zero-order valence-electron chi connectivity index (χ0n) is 10.7. The molecule has 0 bridgehead atoms. The van der Waals surface area contributed by atoms with Gasteiger partial charge in [-0.1, -0.05) is 24.4 Å². The maximum absolute atomic E-state index is 12.1. The second-order valence-electron chi connectivity index (χ2n) is 3.56. The average Bonchev–Trinajstić information content (AvgIpc) is 2.32. The zero-order valence-corrected chi connectivity index (χ0v) is 12.4. The predicted molar refractivity (Wildman–Crippen MR) is 79.8 cm³/mol. The van der Waals surface area contributed by atoms with Gasteiger partial charge in [-0.05, 0) is 20.3 Å². The lowest BCUT2D eigenvalue weighted by molar-refractivity contribution is -0.154. The maximum atomic E-state index is 12.1. The molecule has 100 valence electrons. The molecule has 0 spiro atoms. The van der Waals surface area contributed by atoms with Gasteiger partial charge in [0.05, 0.1) is 10.8 Å². The molecule has 0 radical (unpaired) electrons. The van der Waals surface area contributed by atoms with E-state index in [-0.39, 0.29) is 18.8 Å². The van der Waals surface area contributed by atoms with Gasteiger partial charge in [-0.25, -0.2) is 0 Å². The molecular formula is C13H18O3S2. The van der Waals surface area contributed by atoms with E-state index in [1.54, 1.807) is 13.0 Å². The van der Waals surface area contributed by atoms with Gasteiger partial charge < -0.3 is 4.74 Å². The minimum Gasteiger partial charge on any atom is -0.465 e. The fourth-order valence-corrected chi connectivity index (χ4v) is 2.75. The second kappa shape index (κ2) is 8.21. The third-order valence-electron chi connectivity index (χ3n) is 2.36. The Hall–Kier alpha value is -0.940. The van der Waals surface area contributed by atoms with Crippen LogP contribution in [-0.4, -0.2) is 28.3 Å². The Bertz CT molecular complexity index is 363. The van der Waals surface area contributed by atoms with E-state index < -0.39 is 11.4 Å². The van der Waals surface area contributed by atoms with Crippen molar-refractivity contribution in [3.8, 4) is 0 Å². The van der Waals surface area contributed by atoms with Crippen LogP contribution in [0.2, 0.25) is 0 Å². The van der Waals surface area contributed by atoms with E-state index in [1.165, 1.54) is 24.8 Å². The van der Waals surface area contributed by atoms with Gasteiger partial charge in [0.15, 0.2) is 11.2 Å². The van der Waals surface area contributed by atoms with Crippen LogP contribution in [0.1, 0.15) is 20.3 Å². The van der Waals surface area contributed by atoms with Crippen molar-refractivity contribution >= 4 is 39.9 Å². The molecule has 0 aromatic carbocycles. The second-order valence-corrected chi connectivity index (χ2v) is 5.26. The van der Waals surface area contributed by atoms with Gasteiger partial charge in [-0.2, -0.15) is 0 Å². The molecule has 0 aromatic rings. The number of ether oxygens (including phenoxy) is 1. The van der Waals surface area contributed by atoms with Crippen LogP contribution in [0.4, 0.5) is 0 Å². The summed E-state index contributed by atoms with van der Waals surface area (Å²) in [6.45, 7) is 10.4. The smallest absolute Gasteiger partial charge is 0.325 e. The quantitative estimate of drug-likeness (QED) is 0.297. The topological polar surface area (TPSA) is 43.4 Å². The van der Waals surface area contributed by atoms with E-state index >= 15 is 0 Å². The van der Waals surface area contributed by atoms with Gasteiger partial charge in [0.2, 0.25) is 0 Å². The summed E-state index contributed by atoms with van der Waals surface area (Å²) < 4.78 is 5.30. The van der Waals surface area contributed by atoms with E-state index in [0.717, 1.165) is 0 Å². The number of hydrogen-bond donors (Lipinski definition) is 0. The number of carbonyl (C=O) groups is 2. The minimum absolute atomic E-state index is 0.157. The molecule has 1 atom stereocenters. The largest absolute Gasteiger partial charge is 0.465 e. The van der Waals surface area contributed by atoms with Crippen molar-refractivity contribution < 1.29 is 14.3 Å². The number of rotatable bonds is 8. The lowest BCUT2D eigenvalue weighted by atomic mass is 9.82. The molecule has 0 saturated heterocycles. The normalized spacial score (nSPS) is 13.2. The minimum atomic E-state index is -1.40. The van der Waals surface area contributed by atoms with Crippen LogP contribution in [0.5, 0.6) is 0 Å². The molecular weight excluding hydrogens is 268 g/mol. The fourth-order valence-electron chi connectivity index (χ4n) is 1.41. The highest BCUT2D eigenvalue weighted by atomic mass is 32.2. The molecule has 0 N–H and O–H groups in total. The number of thioether (sulfide) groups is 1. The third-order valence-corrected chi connectivity index (χ3v) is 4.07. The molecule has 0 amide bonds. The Labute approximate surface area is 118 Å². The molecule has 0 aliphatic heterocycles.